The lowest BCUT2D eigenvalue weighted by Crippen LogP contribution is -2.19. The molecular formula is C15H21N3O2. The standard InChI is InChI=1S/C15H21N3O2/c1-10-11(9-18(3)17-10)15(16-2)14-12(19-4)7-6-8-13(14)20-5/h6-9,15-16H,1-5H3. The number of nitrogens with one attached hydrogen (secondary N) is 1. The second-order valence-corrected chi connectivity index (χ2v) is 4.64. The van der Waals surface area contributed by atoms with Crippen molar-refractivity contribution < 1.29 is 9.47 Å². The first-order valence-corrected chi connectivity index (χ1v) is 6.50. The van der Waals surface area contributed by atoms with Crippen LogP contribution in [0.5, 0.6) is 11.5 Å². The quantitative estimate of drug-likeness (QED) is 0.907. The van der Waals surface area contributed by atoms with Gasteiger partial charge in [0, 0.05) is 18.8 Å². The van der Waals surface area contributed by atoms with Gasteiger partial charge in [0.2, 0.25) is 0 Å². The molecule has 1 heterocycles. The van der Waals surface area contributed by atoms with Crippen molar-refractivity contribution in [1.29, 1.82) is 0 Å². The van der Waals surface area contributed by atoms with Crippen LogP contribution in [0.4, 0.5) is 0 Å². The van der Waals surface area contributed by atoms with Gasteiger partial charge in [-0.15, -0.1) is 0 Å². The molecular weight excluding hydrogens is 254 g/mol. The number of aromatic nitrogens is 2. The van der Waals surface area contributed by atoms with E-state index in [-0.39, 0.29) is 6.04 Å². The van der Waals surface area contributed by atoms with Crippen molar-refractivity contribution >= 4 is 0 Å². The first-order valence-electron chi connectivity index (χ1n) is 6.50. The highest BCUT2D eigenvalue weighted by atomic mass is 16.5. The van der Waals surface area contributed by atoms with Crippen LogP contribution in [0.2, 0.25) is 0 Å². The van der Waals surface area contributed by atoms with Gasteiger partial charge in [-0.2, -0.15) is 5.10 Å². The molecule has 2 rings (SSSR count). The fourth-order valence-corrected chi connectivity index (χ4v) is 2.52. The summed E-state index contributed by atoms with van der Waals surface area (Å²) in [5, 5.41) is 7.74. The van der Waals surface area contributed by atoms with E-state index in [0.29, 0.717) is 0 Å². The van der Waals surface area contributed by atoms with Crippen molar-refractivity contribution in [1.82, 2.24) is 15.1 Å². The van der Waals surface area contributed by atoms with Gasteiger partial charge in [0.25, 0.3) is 0 Å². The highest BCUT2D eigenvalue weighted by molar-refractivity contribution is 5.50. The molecule has 1 aromatic carbocycles. The van der Waals surface area contributed by atoms with Crippen LogP contribution < -0.4 is 14.8 Å². The maximum Gasteiger partial charge on any atom is 0.127 e. The van der Waals surface area contributed by atoms with Gasteiger partial charge in [-0.3, -0.25) is 4.68 Å². The number of hydrogen-bond donors (Lipinski definition) is 1. The highest BCUT2D eigenvalue weighted by Crippen LogP contribution is 2.37. The molecule has 0 saturated heterocycles. The first-order chi connectivity index (χ1) is 9.62. The fraction of sp³-hybridized carbons (Fsp3) is 0.400. The smallest absolute Gasteiger partial charge is 0.127 e. The lowest BCUT2D eigenvalue weighted by molar-refractivity contribution is 0.378. The average molecular weight is 275 g/mol. The predicted octanol–water partition coefficient (Wildman–Crippen LogP) is 2.05. The van der Waals surface area contributed by atoms with Gasteiger partial charge < -0.3 is 14.8 Å². The van der Waals surface area contributed by atoms with E-state index in [0.717, 1.165) is 28.3 Å². The topological polar surface area (TPSA) is 48.3 Å². The zero-order valence-corrected chi connectivity index (χ0v) is 12.6. The van der Waals surface area contributed by atoms with Gasteiger partial charge in [0.1, 0.15) is 11.5 Å². The molecule has 0 fully saturated rings. The molecule has 0 bridgehead atoms. The normalized spacial score (nSPS) is 12.2. The zero-order valence-electron chi connectivity index (χ0n) is 12.6. The molecule has 0 saturated carbocycles. The van der Waals surface area contributed by atoms with E-state index in [9.17, 15) is 0 Å². The Morgan fingerprint density at radius 3 is 2.20 bits per heavy atom. The number of methoxy groups -OCH3 is 2. The van der Waals surface area contributed by atoms with Crippen LogP contribution in [0.1, 0.15) is 22.9 Å². The Hall–Kier alpha value is -2.01. The van der Waals surface area contributed by atoms with Crippen LogP contribution in [-0.4, -0.2) is 31.0 Å². The monoisotopic (exact) mass is 275 g/mol. The van der Waals surface area contributed by atoms with E-state index in [2.05, 4.69) is 10.4 Å². The fourth-order valence-electron chi connectivity index (χ4n) is 2.52. The first kappa shape index (κ1) is 14.4. The molecule has 0 amide bonds. The summed E-state index contributed by atoms with van der Waals surface area (Å²) in [7, 11) is 7.17. The van der Waals surface area contributed by atoms with Crippen molar-refractivity contribution in [3.05, 3.63) is 41.2 Å². The minimum Gasteiger partial charge on any atom is -0.496 e. The molecule has 5 heteroatoms. The highest BCUT2D eigenvalue weighted by Gasteiger charge is 2.24. The maximum atomic E-state index is 5.49. The van der Waals surface area contributed by atoms with Crippen LogP contribution in [0.25, 0.3) is 0 Å². The number of ether oxygens (including phenoxy) is 2. The molecule has 1 atom stereocenters. The van der Waals surface area contributed by atoms with Gasteiger partial charge in [0.15, 0.2) is 0 Å². The van der Waals surface area contributed by atoms with Crippen molar-refractivity contribution in [2.75, 3.05) is 21.3 Å². The summed E-state index contributed by atoms with van der Waals surface area (Å²) in [6, 6.07) is 5.76. The molecule has 0 radical (unpaired) electrons. The predicted molar refractivity (Wildman–Crippen MR) is 78.4 cm³/mol. The Labute approximate surface area is 119 Å². The van der Waals surface area contributed by atoms with Crippen molar-refractivity contribution in [3.8, 4) is 11.5 Å². The van der Waals surface area contributed by atoms with Gasteiger partial charge >= 0.3 is 0 Å². The number of rotatable bonds is 5. The largest absolute Gasteiger partial charge is 0.496 e. The molecule has 0 spiro atoms. The van der Waals surface area contributed by atoms with Gasteiger partial charge in [-0.25, -0.2) is 0 Å². The number of benzene rings is 1. The zero-order chi connectivity index (χ0) is 14.7. The molecule has 0 aliphatic heterocycles. The summed E-state index contributed by atoms with van der Waals surface area (Å²) in [5.74, 6) is 1.60. The van der Waals surface area contributed by atoms with Gasteiger partial charge in [-0.05, 0) is 26.1 Å². The molecule has 20 heavy (non-hydrogen) atoms. The molecule has 1 aromatic heterocycles. The molecule has 0 aliphatic rings. The lowest BCUT2D eigenvalue weighted by atomic mass is 9.97. The van der Waals surface area contributed by atoms with E-state index in [1.807, 2.05) is 50.1 Å². The van der Waals surface area contributed by atoms with Crippen LogP contribution in [0, 0.1) is 6.92 Å². The van der Waals surface area contributed by atoms with E-state index < -0.39 is 0 Å². The third-order valence-corrected chi connectivity index (χ3v) is 3.41. The van der Waals surface area contributed by atoms with Gasteiger partial charge in [0.05, 0.1) is 31.5 Å². The average Bonchev–Trinajstić information content (AvgIpc) is 2.78. The van der Waals surface area contributed by atoms with Crippen LogP contribution in [0.3, 0.4) is 0 Å². The van der Waals surface area contributed by atoms with E-state index in [1.54, 1.807) is 14.2 Å². The van der Waals surface area contributed by atoms with Crippen molar-refractivity contribution in [2.24, 2.45) is 7.05 Å². The number of hydrogen-bond acceptors (Lipinski definition) is 4. The summed E-state index contributed by atoms with van der Waals surface area (Å²) in [6.07, 6.45) is 2.02. The number of aryl methyl sites for hydroxylation is 2. The summed E-state index contributed by atoms with van der Waals surface area (Å²) >= 11 is 0. The number of nitrogens with zero attached hydrogens (tertiary/aromatic N) is 2. The second-order valence-electron chi connectivity index (χ2n) is 4.64. The summed E-state index contributed by atoms with van der Waals surface area (Å²) in [5.41, 5.74) is 3.08. The Kier molecular flexibility index (Phi) is 4.29. The minimum atomic E-state index is -0.0326. The summed E-state index contributed by atoms with van der Waals surface area (Å²) < 4.78 is 12.8. The van der Waals surface area contributed by atoms with Crippen molar-refractivity contribution in [3.63, 3.8) is 0 Å². The lowest BCUT2D eigenvalue weighted by Gasteiger charge is -2.21. The SMILES string of the molecule is CNC(c1cn(C)nc1C)c1c(OC)cccc1OC. The van der Waals surface area contributed by atoms with E-state index >= 15 is 0 Å². The van der Waals surface area contributed by atoms with Crippen molar-refractivity contribution in [2.45, 2.75) is 13.0 Å². The second kappa shape index (κ2) is 5.96. The maximum absolute atomic E-state index is 5.49. The van der Waals surface area contributed by atoms with Crippen LogP contribution >= 0.6 is 0 Å². The third kappa shape index (κ3) is 2.49. The third-order valence-electron chi connectivity index (χ3n) is 3.41. The molecule has 108 valence electrons. The molecule has 2 aromatic rings. The molecule has 5 nitrogen and oxygen atoms in total. The summed E-state index contributed by atoms with van der Waals surface area (Å²) in [6.45, 7) is 2.00. The Morgan fingerprint density at radius 1 is 1.20 bits per heavy atom. The summed E-state index contributed by atoms with van der Waals surface area (Å²) in [4.78, 5) is 0. The Morgan fingerprint density at radius 2 is 1.80 bits per heavy atom. The molecule has 1 unspecified atom stereocenters. The molecule has 0 aliphatic carbocycles. The van der Waals surface area contributed by atoms with E-state index in [4.69, 9.17) is 9.47 Å². The minimum absolute atomic E-state index is 0.0326. The van der Waals surface area contributed by atoms with Crippen LogP contribution in [-0.2, 0) is 7.05 Å². The molecule has 1 N–H and O–H groups in total. The Balaban J connectivity index is 2.59. The Bertz CT molecular complexity index is 571. The van der Waals surface area contributed by atoms with Gasteiger partial charge in [-0.1, -0.05) is 6.07 Å². The van der Waals surface area contributed by atoms with Crippen LogP contribution in [0.15, 0.2) is 24.4 Å². The van der Waals surface area contributed by atoms with E-state index in [1.165, 1.54) is 0 Å².